The minimum absolute atomic E-state index is 0.546. The molecule has 0 amide bonds. The molecule has 0 saturated carbocycles. The summed E-state index contributed by atoms with van der Waals surface area (Å²) in [5, 5.41) is 11.6. The number of hydrogen-bond acceptors (Lipinski definition) is 4. The van der Waals surface area contributed by atoms with E-state index < -0.39 is 0 Å². The van der Waals surface area contributed by atoms with Gasteiger partial charge in [0.25, 0.3) is 0 Å². The van der Waals surface area contributed by atoms with Crippen LogP contribution in [0.5, 0.6) is 0 Å². The summed E-state index contributed by atoms with van der Waals surface area (Å²) in [7, 11) is 0. The van der Waals surface area contributed by atoms with Crippen LogP contribution in [0.3, 0.4) is 0 Å². The van der Waals surface area contributed by atoms with Gasteiger partial charge < -0.3 is 4.90 Å². The smallest absolute Gasteiger partial charge is 0.186 e. The van der Waals surface area contributed by atoms with Crippen LogP contribution in [0.1, 0.15) is 20.3 Å². The van der Waals surface area contributed by atoms with E-state index in [4.69, 9.17) is 5.26 Å². The summed E-state index contributed by atoms with van der Waals surface area (Å²) in [6, 6.07) is 2.17. The Morgan fingerprint density at radius 2 is 2.40 bits per heavy atom. The standard InChI is InChI=1S/C10H14BrN3S/c1-8(2)6-14(5-3-4-12)10-13-9(11)7-15-10/h7-8H,3,5-6H2,1-2H3. The van der Waals surface area contributed by atoms with Gasteiger partial charge in [-0.2, -0.15) is 5.26 Å². The van der Waals surface area contributed by atoms with Gasteiger partial charge >= 0.3 is 0 Å². The fourth-order valence-electron chi connectivity index (χ4n) is 1.28. The van der Waals surface area contributed by atoms with Gasteiger partial charge in [0.15, 0.2) is 5.13 Å². The van der Waals surface area contributed by atoms with Crippen molar-refractivity contribution in [1.29, 1.82) is 5.26 Å². The van der Waals surface area contributed by atoms with Crippen LogP contribution in [0.2, 0.25) is 0 Å². The highest BCUT2D eigenvalue weighted by Crippen LogP contribution is 2.24. The first kappa shape index (κ1) is 12.5. The summed E-state index contributed by atoms with van der Waals surface area (Å²) < 4.78 is 0.869. The molecule has 1 heterocycles. The molecule has 0 aliphatic rings. The van der Waals surface area contributed by atoms with Crippen LogP contribution in [-0.4, -0.2) is 18.1 Å². The van der Waals surface area contributed by atoms with E-state index in [-0.39, 0.29) is 0 Å². The lowest BCUT2D eigenvalue weighted by Crippen LogP contribution is -2.28. The maximum Gasteiger partial charge on any atom is 0.186 e. The van der Waals surface area contributed by atoms with E-state index in [1.54, 1.807) is 11.3 Å². The average Bonchev–Trinajstić information content (AvgIpc) is 2.58. The van der Waals surface area contributed by atoms with Crippen molar-refractivity contribution in [3.63, 3.8) is 0 Å². The van der Waals surface area contributed by atoms with Crippen LogP contribution in [0.15, 0.2) is 9.98 Å². The average molecular weight is 288 g/mol. The van der Waals surface area contributed by atoms with Crippen LogP contribution in [0.25, 0.3) is 0 Å². The van der Waals surface area contributed by atoms with Crippen molar-refractivity contribution < 1.29 is 0 Å². The zero-order valence-corrected chi connectivity index (χ0v) is 11.3. The van der Waals surface area contributed by atoms with Gasteiger partial charge in [0.05, 0.1) is 12.5 Å². The van der Waals surface area contributed by atoms with Crippen molar-refractivity contribution in [3.8, 4) is 6.07 Å². The number of halogens is 1. The summed E-state index contributed by atoms with van der Waals surface area (Å²) in [5.41, 5.74) is 0. The number of nitrogens with zero attached hydrogens (tertiary/aromatic N) is 3. The lowest BCUT2D eigenvalue weighted by molar-refractivity contribution is 0.611. The summed E-state index contributed by atoms with van der Waals surface area (Å²) in [4.78, 5) is 6.54. The molecule has 0 unspecified atom stereocenters. The Labute approximate surface area is 103 Å². The third kappa shape index (κ3) is 4.18. The largest absolute Gasteiger partial charge is 0.347 e. The zero-order valence-electron chi connectivity index (χ0n) is 8.90. The molecular weight excluding hydrogens is 274 g/mol. The molecule has 1 rings (SSSR count). The van der Waals surface area contributed by atoms with E-state index in [1.165, 1.54) is 0 Å². The second kappa shape index (κ2) is 6.09. The maximum absolute atomic E-state index is 8.60. The third-order valence-electron chi connectivity index (χ3n) is 1.81. The molecule has 0 N–H and O–H groups in total. The number of rotatable bonds is 5. The number of hydrogen-bond donors (Lipinski definition) is 0. The Kier molecular flexibility index (Phi) is 5.06. The highest BCUT2D eigenvalue weighted by Gasteiger charge is 2.11. The van der Waals surface area contributed by atoms with E-state index in [0.717, 1.165) is 22.8 Å². The van der Waals surface area contributed by atoms with Crippen molar-refractivity contribution >= 4 is 32.4 Å². The molecule has 0 atom stereocenters. The van der Waals surface area contributed by atoms with Crippen molar-refractivity contribution in [2.24, 2.45) is 5.92 Å². The lowest BCUT2D eigenvalue weighted by atomic mass is 10.2. The highest BCUT2D eigenvalue weighted by molar-refractivity contribution is 9.10. The number of anilines is 1. The van der Waals surface area contributed by atoms with Gasteiger partial charge in [-0.25, -0.2) is 4.98 Å². The fraction of sp³-hybridized carbons (Fsp3) is 0.600. The minimum atomic E-state index is 0.546. The molecule has 0 radical (unpaired) electrons. The summed E-state index contributed by atoms with van der Waals surface area (Å²) in [6.07, 6.45) is 0.546. The molecule has 0 aliphatic heterocycles. The van der Waals surface area contributed by atoms with Crippen LogP contribution < -0.4 is 4.90 Å². The minimum Gasteiger partial charge on any atom is -0.347 e. The Morgan fingerprint density at radius 3 is 2.87 bits per heavy atom. The second-order valence-corrected chi connectivity index (χ2v) is 5.35. The van der Waals surface area contributed by atoms with Gasteiger partial charge in [-0.15, -0.1) is 11.3 Å². The number of nitriles is 1. The third-order valence-corrected chi connectivity index (χ3v) is 3.42. The van der Waals surface area contributed by atoms with Crippen molar-refractivity contribution in [1.82, 2.24) is 4.98 Å². The highest BCUT2D eigenvalue weighted by atomic mass is 79.9. The first-order chi connectivity index (χ1) is 7.13. The van der Waals surface area contributed by atoms with Crippen LogP contribution in [0.4, 0.5) is 5.13 Å². The zero-order chi connectivity index (χ0) is 11.3. The first-order valence-corrected chi connectivity index (χ1v) is 6.53. The van der Waals surface area contributed by atoms with E-state index in [2.05, 4.69) is 45.7 Å². The van der Waals surface area contributed by atoms with Gasteiger partial charge in [-0.1, -0.05) is 13.8 Å². The molecule has 0 bridgehead atoms. The van der Waals surface area contributed by atoms with Gasteiger partial charge in [-0.05, 0) is 21.8 Å². The molecule has 15 heavy (non-hydrogen) atoms. The number of aromatic nitrogens is 1. The Balaban J connectivity index is 2.67. The Bertz CT molecular complexity index is 343. The molecule has 1 aromatic rings. The molecule has 0 saturated heterocycles. The topological polar surface area (TPSA) is 39.9 Å². The molecule has 0 fully saturated rings. The SMILES string of the molecule is CC(C)CN(CCC#N)c1nc(Br)cs1. The monoisotopic (exact) mass is 287 g/mol. The van der Waals surface area contributed by atoms with E-state index in [1.807, 2.05) is 5.38 Å². The molecule has 82 valence electrons. The van der Waals surface area contributed by atoms with E-state index >= 15 is 0 Å². The van der Waals surface area contributed by atoms with Crippen LogP contribution in [-0.2, 0) is 0 Å². The summed E-state index contributed by atoms with van der Waals surface area (Å²) in [6.45, 7) is 6.04. The Morgan fingerprint density at radius 1 is 1.67 bits per heavy atom. The van der Waals surface area contributed by atoms with E-state index in [0.29, 0.717) is 12.3 Å². The predicted octanol–water partition coefficient (Wildman–Crippen LogP) is 3.28. The fourth-order valence-corrected chi connectivity index (χ4v) is 2.57. The quantitative estimate of drug-likeness (QED) is 0.834. The molecule has 0 aromatic carbocycles. The molecular formula is C10H14BrN3S. The van der Waals surface area contributed by atoms with Gasteiger partial charge in [-0.3, -0.25) is 0 Å². The van der Waals surface area contributed by atoms with Gasteiger partial charge in [0, 0.05) is 18.5 Å². The molecule has 1 aromatic heterocycles. The Hall–Kier alpha value is -0.600. The van der Waals surface area contributed by atoms with Crippen molar-refractivity contribution in [2.75, 3.05) is 18.0 Å². The molecule has 5 heteroatoms. The normalized spacial score (nSPS) is 10.3. The first-order valence-electron chi connectivity index (χ1n) is 4.86. The maximum atomic E-state index is 8.60. The predicted molar refractivity (Wildman–Crippen MR) is 67.1 cm³/mol. The van der Waals surface area contributed by atoms with Crippen LogP contribution in [0, 0.1) is 17.2 Å². The van der Waals surface area contributed by atoms with Gasteiger partial charge in [0.2, 0.25) is 0 Å². The van der Waals surface area contributed by atoms with E-state index in [9.17, 15) is 0 Å². The van der Waals surface area contributed by atoms with Gasteiger partial charge in [0.1, 0.15) is 4.60 Å². The molecule has 0 spiro atoms. The summed E-state index contributed by atoms with van der Waals surface area (Å²) >= 11 is 4.95. The second-order valence-electron chi connectivity index (χ2n) is 3.70. The van der Waals surface area contributed by atoms with Crippen molar-refractivity contribution in [3.05, 3.63) is 9.98 Å². The number of thiazole rings is 1. The van der Waals surface area contributed by atoms with Crippen molar-refractivity contribution in [2.45, 2.75) is 20.3 Å². The summed E-state index contributed by atoms with van der Waals surface area (Å²) in [5.74, 6) is 0.575. The molecule has 0 aliphatic carbocycles. The molecule has 3 nitrogen and oxygen atoms in total. The van der Waals surface area contributed by atoms with Crippen LogP contribution >= 0.6 is 27.3 Å². The lowest BCUT2D eigenvalue weighted by Gasteiger charge is -2.22.